The summed E-state index contributed by atoms with van der Waals surface area (Å²) in [5.74, 6) is -0.0920. The fourth-order valence-corrected chi connectivity index (χ4v) is 4.25. The second-order valence-corrected chi connectivity index (χ2v) is 6.24. The molecule has 1 unspecified atom stereocenters. The predicted octanol–water partition coefficient (Wildman–Crippen LogP) is 1.75. The molecular formula is C14H15NO3S. The highest BCUT2D eigenvalue weighted by atomic mass is 32.2. The third-order valence-electron chi connectivity index (χ3n) is 3.81. The van der Waals surface area contributed by atoms with E-state index in [-0.39, 0.29) is 17.2 Å². The lowest BCUT2D eigenvalue weighted by atomic mass is 10.0. The summed E-state index contributed by atoms with van der Waals surface area (Å²) in [4.78, 5) is 24.4. The molecule has 100 valence electrons. The van der Waals surface area contributed by atoms with Crippen molar-refractivity contribution in [2.75, 3.05) is 0 Å². The highest BCUT2D eigenvalue weighted by Crippen LogP contribution is 2.41. The Balaban J connectivity index is 1.67. The van der Waals surface area contributed by atoms with Gasteiger partial charge in [-0.1, -0.05) is 30.3 Å². The third-order valence-corrected chi connectivity index (χ3v) is 5.19. The van der Waals surface area contributed by atoms with Gasteiger partial charge < -0.3 is 10.0 Å². The van der Waals surface area contributed by atoms with Crippen molar-refractivity contribution in [3.63, 3.8) is 0 Å². The zero-order valence-corrected chi connectivity index (χ0v) is 11.2. The Morgan fingerprint density at radius 2 is 2.11 bits per heavy atom. The van der Waals surface area contributed by atoms with Crippen molar-refractivity contribution in [1.82, 2.24) is 4.90 Å². The third kappa shape index (κ3) is 2.23. The molecule has 2 heterocycles. The summed E-state index contributed by atoms with van der Waals surface area (Å²) < 4.78 is 0. The van der Waals surface area contributed by atoms with Crippen molar-refractivity contribution in [3.05, 3.63) is 35.9 Å². The Hall–Kier alpha value is -1.49. The van der Waals surface area contributed by atoms with Crippen LogP contribution >= 0.6 is 11.8 Å². The number of fused-ring (bicyclic) bond motifs is 1. The summed E-state index contributed by atoms with van der Waals surface area (Å²) >= 11 is 1.65. The lowest BCUT2D eigenvalue weighted by Gasteiger charge is -2.37. The fraction of sp³-hybridized carbons (Fsp3) is 0.429. The molecule has 0 bridgehead atoms. The first-order valence-corrected chi connectivity index (χ1v) is 7.41. The number of nitrogens with zero attached hydrogens (tertiary/aromatic N) is 1. The average Bonchev–Trinajstić information content (AvgIpc) is 2.70. The largest absolute Gasteiger partial charge is 0.480 e. The maximum atomic E-state index is 11.5. The summed E-state index contributed by atoms with van der Waals surface area (Å²) in [6.45, 7) is 0. The summed E-state index contributed by atoms with van der Waals surface area (Å²) in [5, 5.41) is 9.32. The average molecular weight is 277 g/mol. The van der Waals surface area contributed by atoms with E-state index >= 15 is 0 Å². The summed E-state index contributed by atoms with van der Waals surface area (Å²) in [5.41, 5.74) is 1.19. The second kappa shape index (κ2) is 4.89. The van der Waals surface area contributed by atoms with E-state index in [1.807, 2.05) is 30.3 Å². The summed E-state index contributed by atoms with van der Waals surface area (Å²) in [6.07, 6.45) is 1.33. The molecule has 2 aliphatic heterocycles. The quantitative estimate of drug-likeness (QED) is 0.852. The van der Waals surface area contributed by atoms with E-state index in [0.29, 0.717) is 6.42 Å². The first-order valence-electron chi connectivity index (χ1n) is 6.36. The van der Waals surface area contributed by atoms with E-state index < -0.39 is 12.0 Å². The molecule has 3 rings (SSSR count). The molecule has 0 saturated carbocycles. The zero-order valence-electron chi connectivity index (χ0n) is 10.4. The van der Waals surface area contributed by atoms with Gasteiger partial charge in [0, 0.05) is 23.5 Å². The number of hydrogen-bond acceptors (Lipinski definition) is 3. The number of carboxylic acid groups (broad SMARTS) is 1. The van der Waals surface area contributed by atoms with Crippen molar-refractivity contribution in [2.45, 2.75) is 35.9 Å². The Morgan fingerprint density at radius 1 is 1.37 bits per heavy atom. The lowest BCUT2D eigenvalue weighted by Crippen LogP contribution is -2.55. The molecule has 1 N–H and O–H groups in total. The normalized spacial score (nSPS) is 28.9. The Morgan fingerprint density at radius 3 is 2.74 bits per heavy atom. The number of rotatable bonds is 4. The molecule has 1 aromatic rings. The molecule has 5 heteroatoms. The van der Waals surface area contributed by atoms with Crippen LogP contribution in [0.5, 0.6) is 0 Å². The van der Waals surface area contributed by atoms with Gasteiger partial charge >= 0.3 is 5.97 Å². The molecule has 1 aromatic carbocycles. The number of aliphatic carboxylic acids is 1. The van der Waals surface area contributed by atoms with E-state index in [4.69, 9.17) is 0 Å². The predicted molar refractivity (Wildman–Crippen MR) is 72.8 cm³/mol. The first kappa shape index (κ1) is 12.5. The fourth-order valence-electron chi connectivity index (χ4n) is 2.87. The van der Waals surface area contributed by atoms with E-state index in [1.165, 1.54) is 5.56 Å². The zero-order chi connectivity index (χ0) is 13.4. The number of thioether (sulfide) groups is 1. The van der Waals surface area contributed by atoms with Crippen LogP contribution in [-0.4, -0.2) is 39.2 Å². The number of hydrogen-bond donors (Lipinski definition) is 1. The van der Waals surface area contributed by atoms with Gasteiger partial charge in [-0.25, -0.2) is 4.79 Å². The molecule has 0 aliphatic carbocycles. The van der Waals surface area contributed by atoms with Crippen molar-refractivity contribution >= 4 is 23.6 Å². The van der Waals surface area contributed by atoms with Crippen LogP contribution in [0.1, 0.15) is 18.4 Å². The highest BCUT2D eigenvalue weighted by molar-refractivity contribution is 7.99. The number of carbonyl (C=O) groups excluding carboxylic acids is 1. The topological polar surface area (TPSA) is 57.6 Å². The summed E-state index contributed by atoms with van der Waals surface area (Å²) in [6, 6.07) is 9.53. The van der Waals surface area contributed by atoms with E-state index in [2.05, 4.69) is 0 Å². The van der Waals surface area contributed by atoms with Crippen LogP contribution in [0.25, 0.3) is 0 Å². The van der Waals surface area contributed by atoms with Gasteiger partial charge in [0.15, 0.2) is 0 Å². The Kier molecular flexibility index (Phi) is 3.22. The van der Waals surface area contributed by atoms with E-state index in [1.54, 1.807) is 16.7 Å². The van der Waals surface area contributed by atoms with Gasteiger partial charge in [0.1, 0.15) is 6.04 Å². The highest BCUT2D eigenvalue weighted by Gasteiger charge is 2.53. The Labute approximate surface area is 115 Å². The van der Waals surface area contributed by atoms with Gasteiger partial charge in [-0.15, -0.1) is 0 Å². The first-order chi connectivity index (χ1) is 9.16. The standard InChI is InChI=1S/C14H15NO3S/c16-12-7-10-6-11(13(14(17)18)15(10)12)19-8-9-4-2-1-3-5-9/h1-5,10-11,13H,6-8H2,(H,17,18)/t10?,11-,13-/m0/s1. The van der Waals surface area contributed by atoms with Gasteiger partial charge in [-0.05, 0) is 12.0 Å². The van der Waals surface area contributed by atoms with Crippen LogP contribution in [0.15, 0.2) is 30.3 Å². The molecule has 0 radical (unpaired) electrons. The van der Waals surface area contributed by atoms with Crippen LogP contribution in [0, 0.1) is 0 Å². The molecule has 4 nitrogen and oxygen atoms in total. The lowest BCUT2D eigenvalue weighted by molar-refractivity contribution is -0.156. The summed E-state index contributed by atoms with van der Waals surface area (Å²) in [7, 11) is 0. The van der Waals surface area contributed by atoms with Gasteiger partial charge in [0.25, 0.3) is 0 Å². The number of carbonyl (C=O) groups is 2. The van der Waals surface area contributed by atoms with Crippen molar-refractivity contribution < 1.29 is 14.7 Å². The van der Waals surface area contributed by atoms with Crippen molar-refractivity contribution in [3.8, 4) is 0 Å². The number of carboxylic acids is 1. The van der Waals surface area contributed by atoms with Gasteiger partial charge in [0.2, 0.25) is 5.91 Å². The van der Waals surface area contributed by atoms with Gasteiger partial charge in [0.05, 0.1) is 0 Å². The van der Waals surface area contributed by atoms with Crippen LogP contribution in [0.3, 0.4) is 0 Å². The molecule has 2 aliphatic rings. The molecule has 2 fully saturated rings. The van der Waals surface area contributed by atoms with E-state index in [9.17, 15) is 14.7 Å². The van der Waals surface area contributed by atoms with E-state index in [0.717, 1.165) is 12.2 Å². The van der Waals surface area contributed by atoms with Crippen LogP contribution < -0.4 is 0 Å². The monoisotopic (exact) mass is 277 g/mol. The SMILES string of the molecule is O=C(O)[C@@H]1[C@@H](SCc2ccccc2)CC2CC(=O)N21. The maximum Gasteiger partial charge on any atom is 0.327 e. The molecule has 2 saturated heterocycles. The molecule has 1 amide bonds. The van der Waals surface area contributed by atoms with Crippen LogP contribution in [0.2, 0.25) is 0 Å². The second-order valence-electron chi connectivity index (χ2n) is 5.01. The minimum atomic E-state index is -0.874. The maximum absolute atomic E-state index is 11.5. The van der Waals surface area contributed by atoms with Crippen molar-refractivity contribution in [1.29, 1.82) is 0 Å². The van der Waals surface area contributed by atoms with Gasteiger partial charge in [-0.2, -0.15) is 11.8 Å². The molecule has 19 heavy (non-hydrogen) atoms. The van der Waals surface area contributed by atoms with Crippen LogP contribution in [-0.2, 0) is 15.3 Å². The minimum absolute atomic E-state index is 0.00848. The van der Waals surface area contributed by atoms with Crippen molar-refractivity contribution in [2.24, 2.45) is 0 Å². The Bertz CT molecular complexity index is 505. The van der Waals surface area contributed by atoms with Crippen LogP contribution in [0.4, 0.5) is 0 Å². The minimum Gasteiger partial charge on any atom is -0.480 e. The molecular weight excluding hydrogens is 262 g/mol. The van der Waals surface area contributed by atoms with Gasteiger partial charge in [-0.3, -0.25) is 4.79 Å². The number of β-lactam (4-membered cyclic amide) rings is 1. The number of benzene rings is 1. The molecule has 3 atom stereocenters. The number of amides is 1. The molecule has 0 spiro atoms. The smallest absolute Gasteiger partial charge is 0.327 e. The molecule has 0 aromatic heterocycles.